The van der Waals surface area contributed by atoms with Gasteiger partial charge in [-0.15, -0.1) is 0 Å². The van der Waals surface area contributed by atoms with Crippen LogP contribution < -0.4 is 19.9 Å². The first-order valence-corrected chi connectivity index (χ1v) is 11.3. The Balaban J connectivity index is 2.08. The van der Waals surface area contributed by atoms with Crippen LogP contribution in [0.4, 0.5) is 0 Å². The zero-order valence-corrected chi connectivity index (χ0v) is 18.0. The van der Waals surface area contributed by atoms with Crippen molar-refractivity contribution in [3.63, 3.8) is 0 Å². The molecule has 2 rings (SSSR count). The first kappa shape index (κ1) is 23.0. The van der Waals surface area contributed by atoms with Gasteiger partial charge >= 0.3 is 0 Å². The van der Waals surface area contributed by atoms with Gasteiger partial charge < -0.3 is 14.8 Å². The first-order chi connectivity index (χ1) is 13.7. The van der Waals surface area contributed by atoms with E-state index in [1.165, 1.54) is 0 Å². The van der Waals surface area contributed by atoms with Crippen LogP contribution in [0.25, 0.3) is 0 Å². The molecule has 0 aliphatic heterocycles. The summed E-state index contributed by atoms with van der Waals surface area (Å²) in [6, 6.07) is 9.94. The largest absolute Gasteiger partial charge is 0.490 e. The van der Waals surface area contributed by atoms with Crippen LogP contribution in [-0.4, -0.2) is 27.5 Å². The van der Waals surface area contributed by atoms with Crippen molar-refractivity contribution in [2.75, 3.05) is 13.2 Å². The number of nitrogens with two attached hydrogens (primary N) is 1. The molecule has 0 aliphatic carbocycles. The molecule has 3 N–H and O–H groups in total. The summed E-state index contributed by atoms with van der Waals surface area (Å²) in [6.45, 7) is 4.99. The predicted molar refractivity (Wildman–Crippen MR) is 113 cm³/mol. The van der Waals surface area contributed by atoms with Crippen LogP contribution in [0, 0.1) is 0 Å². The van der Waals surface area contributed by atoms with Gasteiger partial charge in [-0.3, -0.25) is 4.79 Å². The van der Waals surface area contributed by atoms with Crippen LogP contribution in [0.5, 0.6) is 11.5 Å². The van der Waals surface area contributed by atoms with Gasteiger partial charge in [-0.2, -0.15) is 0 Å². The van der Waals surface area contributed by atoms with E-state index >= 15 is 0 Å². The Morgan fingerprint density at radius 2 is 1.76 bits per heavy atom. The van der Waals surface area contributed by atoms with Gasteiger partial charge in [0.1, 0.15) is 0 Å². The second-order valence-electron chi connectivity index (χ2n) is 6.37. The predicted octanol–water partition coefficient (Wildman–Crippen LogP) is 3.25. The molecule has 2 aromatic carbocycles. The highest BCUT2D eigenvalue weighted by Gasteiger charge is 2.16. The minimum Gasteiger partial charge on any atom is -0.490 e. The minimum atomic E-state index is -3.58. The summed E-state index contributed by atoms with van der Waals surface area (Å²) >= 11 is 6.29. The van der Waals surface area contributed by atoms with E-state index in [0.29, 0.717) is 40.9 Å². The summed E-state index contributed by atoms with van der Waals surface area (Å²) < 4.78 is 33.5. The summed E-state index contributed by atoms with van der Waals surface area (Å²) in [7, 11) is -3.58. The molecule has 29 heavy (non-hydrogen) atoms. The van der Waals surface area contributed by atoms with E-state index < -0.39 is 10.0 Å². The molecule has 0 saturated carbocycles. The minimum absolute atomic E-state index is 0.231. The number of halogens is 1. The zero-order valence-electron chi connectivity index (χ0n) is 16.4. The number of carbonyl (C=O) groups is 1. The summed E-state index contributed by atoms with van der Waals surface area (Å²) in [5, 5.41) is 8.15. The second-order valence-corrected chi connectivity index (χ2v) is 8.39. The smallest absolute Gasteiger partial charge is 0.251 e. The number of sulfonamides is 1. The fourth-order valence-corrected chi connectivity index (χ4v) is 3.50. The summed E-state index contributed by atoms with van der Waals surface area (Å²) in [5.41, 5.74) is 1.75. The Morgan fingerprint density at radius 3 is 2.34 bits per heavy atom. The molecule has 0 fully saturated rings. The molecule has 0 saturated heterocycles. The van der Waals surface area contributed by atoms with E-state index in [-0.39, 0.29) is 18.2 Å². The van der Waals surface area contributed by atoms with Crippen molar-refractivity contribution < 1.29 is 22.7 Å². The van der Waals surface area contributed by atoms with E-state index in [1.807, 2.05) is 13.8 Å². The number of ether oxygens (including phenoxy) is 2. The molecule has 9 heteroatoms. The van der Waals surface area contributed by atoms with Crippen molar-refractivity contribution in [1.29, 1.82) is 0 Å². The van der Waals surface area contributed by atoms with Crippen molar-refractivity contribution in [1.82, 2.24) is 5.32 Å². The van der Waals surface area contributed by atoms with Gasteiger partial charge in [0.15, 0.2) is 11.5 Å². The standard InChI is InChI=1S/C20H25ClN2O5S/c1-3-9-28-19-17(21)10-16(11-18(19)27-4-2)20(24)23-12-14-5-7-15(8-6-14)13-29(22,25)26/h5-8,10-11H,3-4,9,12-13H2,1-2H3,(H,23,24)(H2,22,25,26). The topological polar surface area (TPSA) is 108 Å². The lowest BCUT2D eigenvalue weighted by Crippen LogP contribution is -2.23. The van der Waals surface area contributed by atoms with Gasteiger partial charge in [-0.1, -0.05) is 42.8 Å². The van der Waals surface area contributed by atoms with Gasteiger partial charge in [0, 0.05) is 12.1 Å². The molecule has 1 amide bonds. The maximum absolute atomic E-state index is 12.5. The third kappa shape index (κ3) is 7.23. The highest BCUT2D eigenvalue weighted by atomic mass is 35.5. The van der Waals surface area contributed by atoms with Crippen LogP contribution in [0.3, 0.4) is 0 Å². The Hall–Kier alpha value is -2.29. The molecule has 0 aromatic heterocycles. The molecule has 0 heterocycles. The number of rotatable bonds is 10. The van der Waals surface area contributed by atoms with Crippen LogP contribution in [-0.2, 0) is 22.3 Å². The molecule has 0 aliphatic rings. The van der Waals surface area contributed by atoms with Gasteiger partial charge in [-0.25, -0.2) is 13.6 Å². The van der Waals surface area contributed by atoms with E-state index in [9.17, 15) is 13.2 Å². The molecule has 0 atom stereocenters. The Kier molecular flexibility index (Phi) is 8.31. The SMILES string of the molecule is CCCOc1c(Cl)cc(C(=O)NCc2ccc(CS(N)(=O)=O)cc2)cc1OCC. The zero-order chi connectivity index (χ0) is 21.4. The maximum atomic E-state index is 12.5. The maximum Gasteiger partial charge on any atom is 0.251 e. The van der Waals surface area contributed by atoms with E-state index in [1.54, 1.807) is 36.4 Å². The van der Waals surface area contributed by atoms with E-state index in [0.717, 1.165) is 12.0 Å². The number of hydrogen-bond acceptors (Lipinski definition) is 5. The summed E-state index contributed by atoms with van der Waals surface area (Å²) in [5.74, 6) is 0.303. The van der Waals surface area contributed by atoms with Gasteiger partial charge in [0.05, 0.1) is 24.0 Å². The third-order valence-electron chi connectivity index (χ3n) is 3.87. The lowest BCUT2D eigenvalue weighted by Gasteiger charge is -2.15. The van der Waals surface area contributed by atoms with Crippen LogP contribution in [0.2, 0.25) is 5.02 Å². The Bertz CT molecular complexity index is 946. The van der Waals surface area contributed by atoms with E-state index in [4.69, 9.17) is 26.2 Å². The van der Waals surface area contributed by atoms with Gasteiger partial charge in [0.25, 0.3) is 5.91 Å². The molecule has 2 aromatic rings. The molecule has 7 nitrogen and oxygen atoms in total. The van der Waals surface area contributed by atoms with Crippen LogP contribution in [0.1, 0.15) is 41.8 Å². The lowest BCUT2D eigenvalue weighted by atomic mass is 10.1. The fraction of sp³-hybridized carbons (Fsp3) is 0.350. The average Bonchev–Trinajstić information content (AvgIpc) is 2.65. The molecule has 0 spiro atoms. The van der Waals surface area contributed by atoms with Gasteiger partial charge in [-0.05, 0) is 36.6 Å². The second kappa shape index (κ2) is 10.5. The number of hydrogen-bond donors (Lipinski definition) is 2. The van der Waals surface area contributed by atoms with Crippen LogP contribution >= 0.6 is 11.6 Å². The van der Waals surface area contributed by atoms with Crippen molar-refractivity contribution in [3.05, 3.63) is 58.1 Å². The molecular weight excluding hydrogens is 416 g/mol. The first-order valence-electron chi connectivity index (χ1n) is 9.19. The van der Waals surface area contributed by atoms with Gasteiger partial charge in [0.2, 0.25) is 10.0 Å². The van der Waals surface area contributed by atoms with Crippen LogP contribution in [0.15, 0.2) is 36.4 Å². The van der Waals surface area contributed by atoms with E-state index in [2.05, 4.69) is 5.32 Å². The fourth-order valence-electron chi connectivity index (χ4n) is 2.58. The quantitative estimate of drug-likeness (QED) is 0.589. The number of amides is 1. The summed E-state index contributed by atoms with van der Waals surface area (Å²) in [4.78, 5) is 12.5. The van der Waals surface area contributed by atoms with Crippen molar-refractivity contribution >= 4 is 27.5 Å². The average molecular weight is 441 g/mol. The Labute approximate surface area is 176 Å². The monoisotopic (exact) mass is 440 g/mol. The Morgan fingerprint density at radius 1 is 1.10 bits per heavy atom. The highest BCUT2D eigenvalue weighted by molar-refractivity contribution is 7.88. The lowest BCUT2D eigenvalue weighted by molar-refractivity contribution is 0.0950. The normalized spacial score (nSPS) is 11.2. The van der Waals surface area contributed by atoms with Crippen molar-refractivity contribution in [3.8, 4) is 11.5 Å². The van der Waals surface area contributed by atoms with Crippen molar-refractivity contribution in [2.45, 2.75) is 32.6 Å². The molecule has 0 radical (unpaired) electrons. The number of carbonyl (C=O) groups excluding carboxylic acids is 1. The molecular formula is C20H25ClN2O5S. The highest BCUT2D eigenvalue weighted by Crippen LogP contribution is 2.36. The third-order valence-corrected chi connectivity index (χ3v) is 4.88. The number of primary sulfonamides is 1. The molecule has 0 bridgehead atoms. The molecule has 158 valence electrons. The molecule has 0 unspecified atom stereocenters. The van der Waals surface area contributed by atoms with Crippen molar-refractivity contribution in [2.24, 2.45) is 5.14 Å². The number of benzene rings is 2. The summed E-state index contributed by atoms with van der Waals surface area (Å²) in [6.07, 6.45) is 0.820. The number of nitrogens with one attached hydrogen (secondary N) is 1.